The van der Waals surface area contributed by atoms with Crippen LogP contribution in [0.25, 0.3) is 72.9 Å². The van der Waals surface area contributed by atoms with Crippen LogP contribution < -0.4 is 0 Å². The molecule has 0 saturated carbocycles. The first-order valence-corrected chi connectivity index (χ1v) is 18.5. The van der Waals surface area contributed by atoms with Gasteiger partial charge in [-0.1, -0.05) is 133 Å². The maximum atomic E-state index is 12.3. The fourth-order valence-corrected chi connectivity index (χ4v) is 7.22. The maximum absolute atomic E-state index is 12.3. The molecule has 0 aliphatic heterocycles. The third-order valence-corrected chi connectivity index (χ3v) is 10.1. The van der Waals surface area contributed by atoms with Gasteiger partial charge in [0.2, 0.25) is 0 Å². The molecule has 5 heteroatoms. The van der Waals surface area contributed by atoms with Gasteiger partial charge in [0.1, 0.15) is 11.3 Å². The molecule has 0 fully saturated rings. The van der Waals surface area contributed by atoms with Crippen molar-refractivity contribution < 1.29 is 5.11 Å². The van der Waals surface area contributed by atoms with Gasteiger partial charge in [-0.05, 0) is 87.2 Å². The van der Waals surface area contributed by atoms with Crippen LogP contribution in [0.3, 0.4) is 0 Å². The van der Waals surface area contributed by atoms with E-state index in [4.69, 9.17) is 15.0 Å². The highest BCUT2D eigenvalue weighted by atomic mass is 16.3. The van der Waals surface area contributed by atoms with E-state index in [9.17, 15) is 5.11 Å². The first-order valence-electron chi connectivity index (χ1n) is 18.5. The highest BCUT2D eigenvalue weighted by Gasteiger charge is 2.29. The lowest BCUT2D eigenvalue weighted by atomic mass is 9.79. The number of imidazole rings is 1. The van der Waals surface area contributed by atoms with Crippen molar-refractivity contribution in [1.29, 1.82) is 0 Å². The first kappa shape index (κ1) is 34.7. The summed E-state index contributed by atoms with van der Waals surface area (Å²) in [5.74, 6) is 0.862. The molecule has 3 heterocycles. The van der Waals surface area contributed by atoms with Crippen LogP contribution in [0.1, 0.15) is 52.7 Å². The van der Waals surface area contributed by atoms with Gasteiger partial charge in [-0.3, -0.25) is 9.55 Å². The fourth-order valence-electron chi connectivity index (χ4n) is 7.22. The zero-order valence-electron chi connectivity index (χ0n) is 31.7. The third kappa shape index (κ3) is 6.47. The predicted octanol–water partition coefficient (Wildman–Crippen LogP) is 12.5. The number of rotatable bonds is 6. The van der Waals surface area contributed by atoms with Gasteiger partial charge in [0.05, 0.1) is 16.9 Å². The molecule has 3 aromatic heterocycles. The van der Waals surface area contributed by atoms with Crippen LogP contribution >= 0.6 is 0 Å². The SMILES string of the molecule is CC(C)(C)c1cc(-c2nc3c(-c4cc(-c5ccccc5)cc(-c5ccccn5)c4)ccnc3n2-c2ccccc2-c2ccccc2)c(O)c(C(C)(C)C)c1. The summed E-state index contributed by atoms with van der Waals surface area (Å²) < 4.78 is 2.13. The fraction of sp³-hybridized carbons (Fsp3) is 0.163. The number of fused-ring (bicyclic) bond motifs is 1. The largest absolute Gasteiger partial charge is 0.507 e. The van der Waals surface area contributed by atoms with Gasteiger partial charge in [-0.15, -0.1) is 0 Å². The summed E-state index contributed by atoms with van der Waals surface area (Å²) in [7, 11) is 0. The monoisotopic (exact) mass is 704 g/mol. The Balaban J connectivity index is 1.47. The van der Waals surface area contributed by atoms with Gasteiger partial charge in [-0.2, -0.15) is 0 Å². The van der Waals surface area contributed by atoms with E-state index in [1.54, 1.807) is 0 Å². The van der Waals surface area contributed by atoms with E-state index in [0.717, 1.165) is 67.0 Å². The number of hydrogen-bond acceptors (Lipinski definition) is 4. The van der Waals surface area contributed by atoms with Crippen LogP contribution in [-0.4, -0.2) is 24.6 Å². The van der Waals surface area contributed by atoms with E-state index < -0.39 is 0 Å². The Morgan fingerprint density at radius 2 is 1.15 bits per heavy atom. The average Bonchev–Trinajstić information content (AvgIpc) is 3.57. The van der Waals surface area contributed by atoms with E-state index in [0.29, 0.717) is 17.0 Å². The second kappa shape index (κ2) is 13.6. The van der Waals surface area contributed by atoms with Gasteiger partial charge in [0, 0.05) is 34.6 Å². The molecule has 5 nitrogen and oxygen atoms in total. The number of phenols is 1. The minimum atomic E-state index is -0.317. The molecule has 8 rings (SSSR count). The van der Waals surface area contributed by atoms with Crippen molar-refractivity contribution >= 4 is 11.2 Å². The third-order valence-electron chi connectivity index (χ3n) is 10.1. The molecule has 0 unspecified atom stereocenters. The lowest BCUT2D eigenvalue weighted by Crippen LogP contribution is -2.17. The number of hydrogen-bond donors (Lipinski definition) is 1. The Hall–Kier alpha value is -6.33. The zero-order valence-corrected chi connectivity index (χ0v) is 31.7. The highest BCUT2D eigenvalue weighted by molar-refractivity contribution is 5.96. The number of benzene rings is 5. The molecule has 54 heavy (non-hydrogen) atoms. The zero-order chi connectivity index (χ0) is 37.6. The van der Waals surface area contributed by atoms with E-state index >= 15 is 0 Å². The molecule has 5 aromatic carbocycles. The summed E-state index contributed by atoms with van der Waals surface area (Å²) in [6, 6.07) is 48.1. The minimum absolute atomic E-state index is 0.176. The Morgan fingerprint density at radius 1 is 0.500 bits per heavy atom. The van der Waals surface area contributed by atoms with Crippen molar-refractivity contribution in [1.82, 2.24) is 19.5 Å². The summed E-state index contributed by atoms with van der Waals surface area (Å²) in [5.41, 5.74) is 12.7. The molecule has 0 radical (unpaired) electrons. The number of para-hydroxylation sites is 1. The smallest absolute Gasteiger partial charge is 0.165 e. The number of phenolic OH excluding ortho intramolecular Hbond substituents is 1. The van der Waals surface area contributed by atoms with Crippen LogP contribution in [0.15, 0.2) is 152 Å². The topological polar surface area (TPSA) is 63.8 Å². The Kier molecular flexibility index (Phi) is 8.74. The molecule has 266 valence electrons. The van der Waals surface area contributed by atoms with Gasteiger partial charge < -0.3 is 5.11 Å². The normalized spacial score (nSPS) is 12.0. The van der Waals surface area contributed by atoms with E-state index in [1.807, 2.05) is 48.8 Å². The van der Waals surface area contributed by atoms with Crippen molar-refractivity contribution in [2.45, 2.75) is 52.4 Å². The molecule has 0 atom stereocenters. The summed E-state index contributed by atoms with van der Waals surface area (Å²) >= 11 is 0. The highest BCUT2D eigenvalue weighted by Crippen LogP contribution is 2.45. The molecular formula is C49H44N4O. The van der Waals surface area contributed by atoms with Crippen LogP contribution in [0.4, 0.5) is 0 Å². The molecule has 8 aromatic rings. The van der Waals surface area contributed by atoms with Gasteiger partial charge in [0.25, 0.3) is 0 Å². The molecule has 0 bridgehead atoms. The summed E-state index contributed by atoms with van der Waals surface area (Å²) in [5, 5.41) is 12.3. The standard InChI is InChI=1S/C49H44N4O/c1-48(2,3)37-30-40(45(54)41(31-37)49(4,5)6)46-52-44-39(24-26-51-47(44)53(46)43-23-14-13-21-38(43)33-19-11-8-12-20-33)35-27-34(32-17-9-7-10-18-32)28-36(29-35)42-22-15-16-25-50-42/h7-31,54H,1-6H3. The number of pyridine rings is 2. The summed E-state index contributed by atoms with van der Waals surface area (Å²) in [4.78, 5) is 15.3. The van der Waals surface area contributed by atoms with Gasteiger partial charge in [0.15, 0.2) is 11.5 Å². The molecule has 1 N–H and O–H groups in total. The molecule has 0 aliphatic carbocycles. The number of nitrogens with zero attached hydrogens (tertiary/aromatic N) is 4. The maximum Gasteiger partial charge on any atom is 0.165 e. The Morgan fingerprint density at radius 3 is 1.83 bits per heavy atom. The van der Waals surface area contributed by atoms with Crippen molar-refractivity contribution in [2.24, 2.45) is 0 Å². The number of aromatic nitrogens is 4. The van der Waals surface area contributed by atoms with Crippen molar-refractivity contribution in [3.63, 3.8) is 0 Å². The summed E-state index contributed by atoms with van der Waals surface area (Å²) in [6.45, 7) is 13.1. The van der Waals surface area contributed by atoms with Gasteiger partial charge in [-0.25, -0.2) is 9.97 Å². The molecule has 0 spiro atoms. The second-order valence-electron chi connectivity index (χ2n) is 16.0. The van der Waals surface area contributed by atoms with Crippen LogP contribution in [-0.2, 0) is 10.8 Å². The lowest BCUT2D eigenvalue weighted by molar-refractivity contribution is 0.446. The quantitative estimate of drug-likeness (QED) is 0.187. The average molecular weight is 705 g/mol. The molecule has 0 aliphatic rings. The van der Waals surface area contributed by atoms with E-state index in [1.165, 1.54) is 0 Å². The Labute approximate surface area is 317 Å². The lowest BCUT2D eigenvalue weighted by Gasteiger charge is -2.27. The van der Waals surface area contributed by atoms with Crippen LogP contribution in [0.5, 0.6) is 5.75 Å². The van der Waals surface area contributed by atoms with Crippen molar-refractivity contribution in [3.05, 3.63) is 163 Å². The predicted molar refractivity (Wildman–Crippen MR) is 223 cm³/mol. The van der Waals surface area contributed by atoms with E-state index in [-0.39, 0.29) is 16.6 Å². The second-order valence-corrected chi connectivity index (χ2v) is 16.0. The number of aromatic hydroxyl groups is 1. The summed E-state index contributed by atoms with van der Waals surface area (Å²) in [6.07, 6.45) is 3.70. The van der Waals surface area contributed by atoms with Crippen molar-refractivity contribution in [3.8, 4) is 67.5 Å². The minimum Gasteiger partial charge on any atom is -0.507 e. The van der Waals surface area contributed by atoms with Crippen molar-refractivity contribution in [2.75, 3.05) is 0 Å². The van der Waals surface area contributed by atoms with Gasteiger partial charge >= 0.3 is 0 Å². The van der Waals surface area contributed by atoms with Crippen LogP contribution in [0, 0.1) is 0 Å². The van der Waals surface area contributed by atoms with Crippen LogP contribution in [0.2, 0.25) is 0 Å². The molecular weight excluding hydrogens is 661 g/mol. The molecule has 0 amide bonds. The molecule has 0 saturated heterocycles. The van der Waals surface area contributed by atoms with E-state index in [2.05, 4.69) is 149 Å². The first-order chi connectivity index (χ1) is 26.0. The Bertz CT molecular complexity index is 2550.